The van der Waals surface area contributed by atoms with E-state index in [4.69, 9.17) is 4.42 Å². The minimum atomic E-state index is 0.299. The third-order valence-electron chi connectivity index (χ3n) is 2.84. The van der Waals surface area contributed by atoms with Gasteiger partial charge in [0, 0.05) is 29.1 Å². The van der Waals surface area contributed by atoms with Gasteiger partial charge in [0.25, 0.3) is 0 Å². The van der Waals surface area contributed by atoms with Gasteiger partial charge in [-0.15, -0.1) is 11.3 Å². The Morgan fingerprint density at radius 1 is 1.44 bits per heavy atom. The van der Waals surface area contributed by atoms with Crippen molar-refractivity contribution in [1.29, 1.82) is 0 Å². The first-order chi connectivity index (χ1) is 8.69. The molecule has 0 aromatic carbocycles. The van der Waals surface area contributed by atoms with Gasteiger partial charge in [0.05, 0.1) is 11.3 Å². The van der Waals surface area contributed by atoms with Crippen molar-refractivity contribution in [2.45, 2.75) is 39.7 Å². The summed E-state index contributed by atoms with van der Waals surface area (Å²) in [5, 5.41) is 6.85. The van der Waals surface area contributed by atoms with Gasteiger partial charge in [-0.2, -0.15) is 0 Å². The first-order valence-electron chi connectivity index (χ1n) is 6.38. The van der Waals surface area contributed by atoms with E-state index < -0.39 is 0 Å². The molecule has 0 saturated carbocycles. The van der Waals surface area contributed by atoms with Crippen molar-refractivity contribution >= 4 is 11.3 Å². The number of aromatic nitrogens is 1. The summed E-state index contributed by atoms with van der Waals surface area (Å²) in [5.74, 6) is 0.962. The van der Waals surface area contributed by atoms with Crippen molar-refractivity contribution in [2.24, 2.45) is 0 Å². The van der Waals surface area contributed by atoms with Crippen LogP contribution >= 0.6 is 11.3 Å². The van der Waals surface area contributed by atoms with E-state index in [1.807, 2.05) is 20.1 Å². The number of furan rings is 1. The fourth-order valence-electron chi connectivity index (χ4n) is 1.94. The molecule has 4 heteroatoms. The Kier molecular flexibility index (Phi) is 4.55. The minimum absolute atomic E-state index is 0.299. The van der Waals surface area contributed by atoms with Gasteiger partial charge in [-0.05, 0) is 32.9 Å². The van der Waals surface area contributed by atoms with E-state index >= 15 is 0 Å². The van der Waals surface area contributed by atoms with Crippen LogP contribution in [0.15, 0.2) is 22.1 Å². The van der Waals surface area contributed by atoms with Gasteiger partial charge in [0.15, 0.2) is 0 Å². The van der Waals surface area contributed by atoms with Gasteiger partial charge in [0.2, 0.25) is 0 Å². The molecule has 0 aliphatic rings. The molecule has 3 nitrogen and oxygen atoms in total. The van der Waals surface area contributed by atoms with E-state index in [2.05, 4.69) is 28.7 Å². The Bertz CT molecular complexity index is 489. The van der Waals surface area contributed by atoms with Crippen molar-refractivity contribution in [3.05, 3.63) is 39.7 Å². The number of nitrogens with zero attached hydrogens (tertiary/aromatic N) is 1. The molecule has 2 heterocycles. The maximum atomic E-state index is 5.41. The number of rotatable bonds is 6. The zero-order valence-electron chi connectivity index (χ0n) is 11.2. The summed E-state index contributed by atoms with van der Waals surface area (Å²) in [6, 6.07) is 2.40. The topological polar surface area (TPSA) is 38.1 Å². The van der Waals surface area contributed by atoms with E-state index in [1.54, 1.807) is 11.3 Å². The standard InChI is InChI=1S/C14H20N2OS/c1-4-5-15-13(12-6-11(3)17-8-12)7-14-16-10(2)9-18-14/h6,8-9,13,15H,4-5,7H2,1-3H3. The molecule has 2 rings (SSSR count). The molecule has 0 aliphatic heterocycles. The highest BCUT2D eigenvalue weighted by Crippen LogP contribution is 2.22. The van der Waals surface area contributed by atoms with Crippen LogP contribution in [0.3, 0.4) is 0 Å². The maximum Gasteiger partial charge on any atom is 0.101 e. The summed E-state index contributed by atoms with van der Waals surface area (Å²) >= 11 is 1.73. The smallest absolute Gasteiger partial charge is 0.101 e. The van der Waals surface area contributed by atoms with Crippen LogP contribution in [-0.2, 0) is 6.42 Å². The van der Waals surface area contributed by atoms with Crippen molar-refractivity contribution in [3.63, 3.8) is 0 Å². The van der Waals surface area contributed by atoms with Crippen LogP contribution in [0.2, 0.25) is 0 Å². The molecule has 0 bridgehead atoms. The maximum absolute atomic E-state index is 5.41. The second-order valence-corrected chi connectivity index (χ2v) is 5.53. The highest BCUT2D eigenvalue weighted by Gasteiger charge is 2.15. The number of nitrogens with one attached hydrogen (secondary N) is 1. The molecule has 0 radical (unpaired) electrons. The van der Waals surface area contributed by atoms with Crippen LogP contribution in [0.4, 0.5) is 0 Å². The number of hydrogen-bond donors (Lipinski definition) is 1. The van der Waals surface area contributed by atoms with Gasteiger partial charge >= 0.3 is 0 Å². The predicted molar refractivity (Wildman–Crippen MR) is 75.0 cm³/mol. The van der Waals surface area contributed by atoms with Crippen molar-refractivity contribution in [3.8, 4) is 0 Å². The molecule has 0 aliphatic carbocycles. The molecular weight excluding hydrogens is 244 g/mol. The molecule has 0 spiro atoms. The molecule has 98 valence electrons. The Morgan fingerprint density at radius 3 is 2.83 bits per heavy atom. The lowest BCUT2D eigenvalue weighted by Gasteiger charge is -2.15. The molecular formula is C14H20N2OS. The molecule has 1 unspecified atom stereocenters. The van der Waals surface area contributed by atoms with E-state index in [1.165, 1.54) is 10.6 Å². The summed E-state index contributed by atoms with van der Waals surface area (Å²) < 4.78 is 5.41. The first-order valence-corrected chi connectivity index (χ1v) is 7.26. The minimum Gasteiger partial charge on any atom is -0.469 e. The third kappa shape index (κ3) is 3.43. The summed E-state index contributed by atoms with van der Waals surface area (Å²) in [6.45, 7) is 7.21. The lowest BCUT2D eigenvalue weighted by atomic mass is 10.1. The molecule has 0 amide bonds. The van der Waals surface area contributed by atoms with Crippen LogP contribution in [0.5, 0.6) is 0 Å². The molecule has 0 fully saturated rings. The normalized spacial score (nSPS) is 12.8. The molecule has 2 aromatic heterocycles. The highest BCUT2D eigenvalue weighted by atomic mass is 32.1. The summed E-state index contributed by atoms with van der Waals surface area (Å²) in [5.41, 5.74) is 2.32. The zero-order chi connectivity index (χ0) is 13.0. The average Bonchev–Trinajstić information content (AvgIpc) is 2.93. The molecule has 1 atom stereocenters. The number of aryl methyl sites for hydroxylation is 2. The Hall–Kier alpha value is -1.13. The zero-order valence-corrected chi connectivity index (χ0v) is 12.0. The van der Waals surface area contributed by atoms with Gasteiger partial charge < -0.3 is 9.73 Å². The average molecular weight is 264 g/mol. The summed E-state index contributed by atoms with van der Waals surface area (Å²) in [7, 11) is 0. The largest absolute Gasteiger partial charge is 0.469 e. The fraction of sp³-hybridized carbons (Fsp3) is 0.500. The van der Waals surface area contributed by atoms with Gasteiger partial charge in [-0.1, -0.05) is 6.92 Å². The molecule has 18 heavy (non-hydrogen) atoms. The van der Waals surface area contributed by atoms with Crippen molar-refractivity contribution < 1.29 is 4.42 Å². The van der Waals surface area contributed by atoms with E-state index in [0.717, 1.165) is 30.8 Å². The predicted octanol–water partition coefficient (Wildman–Crippen LogP) is 3.64. The molecule has 0 saturated heterocycles. The second-order valence-electron chi connectivity index (χ2n) is 4.58. The van der Waals surface area contributed by atoms with Gasteiger partial charge in [0.1, 0.15) is 5.76 Å². The van der Waals surface area contributed by atoms with Gasteiger partial charge in [-0.25, -0.2) is 4.98 Å². The SMILES string of the molecule is CCCNC(Cc1nc(C)cs1)c1coc(C)c1. The van der Waals surface area contributed by atoms with E-state index in [0.29, 0.717) is 6.04 Å². The quantitative estimate of drug-likeness (QED) is 0.865. The van der Waals surface area contributed by atoms with Crippen LogP contribution in [0, 0.1) is 13.8 Å². The Balaban J connectivity index is 2.09. The van der Waals surface area contributed by atoms with Crippen LogP contribution < -0.4 is 5.32 Å². The lowest BCUT2D eigenvalue weighted by Crippen LogP contribution is -2.23. The van der Waals surface area contributed by atoms with Crippen molar-refractivity contribution in [2.75, 3.05) is 6.54 Å². The number of hydrogen-bond acceptors (Lipinski definition) is 4. The van der Waals surface area contributed by atoms with Crippen LogP contribution in [0.1, 0.15) is 41.4 Å². The van der Waals surface area contributed by atoms with Crippen molar-refractivity contribution in [1.82, 2.24) is 10.3 Å². The lowest BCUT2D eigenvalue weighted by molar-refractivity contribution is 0.503. The van der Waals surface area contributed by atoms with E-state index in [9.17, 15) is 0 Å². The Labute approximate surface area is 112 Å². The second kappa shape index (κ2) is 6.16. The molecule has 1 N–H and O–H groups in total. The Morgan fingerprint density at radius 2 is 2.28 bits per heavy atom. The summed E-state index contributed by atoms with van der Waals surface area (Å²) in [6.07, 6.45) is 3.91. The van der Waals surface area contributed by atoms with Crippen LogP contribution in [0.25, 0.3) is 0 Å². The van der Waals surface area contributed by atoms with Gasteiger partial charge in [-0.3, -0.25) is 0 Å². The fourth-order valence-corrected chi connectivity index (χ4v) is 2.76. The molecule has 2 aromatic rings. The van der Waals surface area contributed by atoms with E-state index in [-0.39, 0.29) is 0 Å². The highest BCUT2D eigenvalue weighted by molar-refractivity contribution is 7.09. The monoisotopic (exact) mass is 264 g/mol. The third-order valence-corrected chi connectivity index (χ3v) is 3.83. The van der Waals surface area contributed by atoms with Crippen LogP contribution in [-0.4, -0.2) is 11.5 Å². The summed E-state index contributed by atoms with van der Waals surface area (Å²) in [4.78, 5) is 4.54. The number of thiazole rings is 1. The first kappa shape index (κ1) is 13.3.